The third kappa shape index (κ3) is 5.21. The molecule has 0 saturated carbocycles. The zero-order valence-electron chi connectivity index (χ0n) is 15.4. The van der Waals surface area contributed by atoms with Crippen molar-refractivity contribution in [3.63, 3.8) is 0 Å². The van der Waals surface area contributed by atoms with Gasteiger partial charge in [-0.15, -0.1) is 0 Å². The van der Waals surface area contributed by atoms with Gasteiger partial charge >= 0.3 is 0 Å². The first-order valence-corrected chi connectivity index (χ1v) is 8.66. The average molecular weight is 369 g/mol. The molecule has 1 aliphatic heterocycles. The Balaban J connectivity index is 2.01. The number of hydrogen-bond acceptors (Lipinski definition) is 6. The lowest BCUT2D eigenvalue weighted by Gasteiger charge is -2.31. The van der Waals surface area contributed by atoms with Crippen LogP contribution in [0.4, 0.5) is 4.39 Å². The van der Waals surface area contributed by atoms with Crippen molar-refractivity contribution >= 4 is 5.91 Å². The zero-order valence-corrected chi connectivity index (χ0v) is 15.4. The molecule has 0 unspecified atom stereocenters. The number of aliphatic hydroxyl groups is 2. The highest BCUT2D eigenvalue weighted by molar-refractivity contribution is 5.94. The second-order valence-electron chi connectivity index (χ2n) is 6.88. The summed E-state index contributed by atoms with van der Waals surface area (Å²) in [6.07, 6.45) is -2.03. The summed E-state index contributed by atoms with van der Waals surface area (Å²) in [5.41, 5.74) is 0.222. The van der Waals surface area contributed by atoms with Crippen LogP contribution in [0.1, 0.15) is 10.4 Å². The van der Waals surface area contributed by atoms with Crippen LogP contribution in [0.5, 0.6) is 0 Å². The number of hydrogen-bond donors (Lipinski definition) is 3. The molecule has 8 heteroatoms. The van der Waals surface area contributed by atoms with Crippen molar-refractivity contribution in [2.45, 2.75) is 24.4 Å². The molecule has 146 valence electrons. The fourth-order valence-corrected chi connectivity index (χ4v) is 3.12. The number of benzene rings is 1. The summed E-state index contributed by atoms with van der Waals surface area (Å²) in [5.74, 6) is -0.892. The molecule has 1 heterocycles. The van der Waals surface area contributed by atoms with Gasteiger partial charge in [0.15, 0.2) is 0 Å². The van der Waals surface area contributed by atoms with Gasteiger partial charge in [0.1, 0.15) is 18.0 Å². The molecule has 1 amide bonds. The highest BCUT2D eigenvalue weighted by Crippen LogP contribution is 2.25. The van der Waals surface area contributed by atoms with E-state index in [1.807, 2.05) is 30.9 Å². The van der Waals surface area contributed by atoms with Crippen LogP contribution in [0.3, 0.4) is 0 Å². The van der Waals surface area contributed by atoms with Gasteiger partial charge in [0.05, 0.1) is 18.8 Å². The van der Waals surface area contributed by atoms with Crippen molar-refractivity contribution in [1.82, 2.24) is 15.1 Å². The number of rotatable bonds is 8. The minimum atomic E-state index is -0.858. The molecule has 7 nitrogen and oxygen atoms in total. The van der Waals surface area contributed by atoms with E-state index in [0.29, 0.717) is 6.54 Å². The number of aliphatic hydroxyl groups excluding tert-OH is 2. The lowest BCUT2D eigenvalue weighted by molar-refractivity contribution is -0.0209. The Morgan fingerprint density at radius 3 is 2.62 bits per heavy atom. The molecule has 1 fully saturated rings. The summed E-state index contributed by atoms with van der Waals surface area (Å²) >= 11 is 0. The van der Waals surface area contributed by atoms with Gasteiger partial charge in [-0.3, -0.25) is 9.69 Å². The van der Waals surface area contributed by atoms with E-state index in [-0.39, 0.29) is 24.8 Å². The van der Waals surface area contributed by atoms with E-state index in [1.165, 1.54) is 18.2 Å². The Kier molecular flexibility index (Phi) is 7.48. The zero-order chi connectivity index (χ0) is 19.3. The monoisotopic (exact) mass is 369 g/mol. The Morgan fingerprint density at radius 1 is 1.27 bits per heavy atom. The molecule has 26 heavy (non-hydrogen) atoms. The van der Waals surface area contributed by atoms with Gasteiger partial charge in [0.2, 0.25) is 0 Å². The Labute approximate surface area is 153 Å². The fourth-order valence-electron chi connectivity index (χ4n) is 3.12. The van der Waals surface area contributed by atoms with E-state index in [0.717, 1.165) is 12.6 Å². The van der Waals surface area contributed by atoms with Crippen LogP contribution >= 0.6 is 0 Å². The van der Waals surface area contributed by atoms with Gasteiger partial charge in [-0.25, -0.2) is 4.39 Å². The molecule has 0 spiro atoms. The van der Waals surface area contributed by atoms with Gasteiger partial charge in [-0.1, -0.05) is 6.07 Å². The Bertz CT molecular complexity index is 602. The van der Waals surface area contributed by atoms with Crippen molar-refractivity contribution < 1.29 is 24.1 Å². The van der Waals surface area contributed by atoms with E-state index in [4.69, 9.17) is 4.74 Å². The summed E-state index contributed by atoms with van der Waals surface area (Å²) in [7, 11) is 5.80. The van der Waals surface area contributed by atoms with E-state index in [9.17, 15) is 19.4 Å². The quantitative estimate of drug-likeness (QED) is 0.575. The number of carbonyl (C=O) groups is 1. The maximum atomic E-state index is 13.3. The third-order valence-electron chi connectivity index (χ3n) is 4.60. The molecule has 1 aliphatic rings. The largest absolute Gasteiger partial charge is 0.394 e. The minimum absolute atomic E-state index is 0.153. The lowest BCUT2D eigenvalue weighted by Crippen LogP contribution is -2.51. The molecule has 0 aliphatic carbocycles. The topological polar surface area (TPSA) is 85.3 Å². The van der Waals surface area contributed by atoms with Crippen LogP contribution in [-0.4, -0.2) is 97.7 Å². The number of nitrogens with zero attached hydrogens (tertiary/aromatic N) is 2. The van der Waals surface area contributed by atoms with E-state index < -0.39 is 30.0 Å². The van der Waals surface area contributed by atoms with Crippen molar-refractivity contribution in [3.05, 3.63) is 35.6 Å². The molecule has 1 aromatic rings. The summed E-state index contributed by atoms with van der Waals surface area (Å²) in [6, 6.07) is 5.07. The molecule has 2 rings (SSSR count). The number of carbonyl (C=O) groups excluding carboxylic acids is 1. The first kappa shape index (κ1) is 20.7. The molecule has 1 aromatic carbocycles. The number of amides is 1. The second kappa shape index (κ2) is 9.38. The molecule has 0 aromatic heterocycles. The minimum Gasteiger partial charge on any atom is -0.394 e. The maximum absolute atomic E-state index is 13.3. The van der Waals surface area contributed by atoms with Crippen LogP contribution in [0.15, 0.2) is 24.3 Å². The third-order valence-corrected chi connectivity index (χ3v) is 4.60. The molecule has 0 bridgehead atoms. The van der Waals surface area contributed by atoms with E-state index >= 15 is 0 Å². The summed E-state index contributed by atoms with van der Waals surface area (Å²) in [6.45, 7) is 1.35. The van der Waals surface area contributed by atoms with Gasteiger partial charge in [-0.05, 0) is 39.3 Å². The summed E-state index contributed by atoms with van der Waals surface area (Å²) < 4.78 is 19.0. The van der Waals surface area contributed by atoms with Crippen molar-refractivity contribution in [2.24, 2.45) is 0 Å². The summed E-state index contributed by atoms with van der Waals surface area (Å²) in [4.78, 5) is 16.2. The van der Waals surface area contributed by atoms with Crippen LogP contribution in [-0.2, 0) is 4.74 Å². The predicted octanol–water partition coefficient (Wildman–Crippen LogP) is -0.462. The highest BCUT2D eigenvalue weighted by atomic mass is 19.1. The van der Waals surface area contributed by atoms with Gasteiger partial charge in [0.25, 0.3) is 5.91 Å². The van der Waals surface area contributed by atoms with E-state index in [1.54, 1.807) is 0 Å². The standard InChI is InChI=1S/C18H28FN3O4/c1-21(2)7-8-22(3)16-14(26-15(11-23)17(16)24)10-20-18(25)12-5-4-6-13(19)9-12/h4-6,9,14-17,23-24H,7-8,10-11H2,1-3H3,(H,20,25)/t14-,15+,16-,17-/m1/s1. The first-order chi connectivity index (χ1) is 12.3. The Morgan fingerprint density at radius 2 is 2.00 bits per heavy atom. The molecule has 1 saturated heterocycles. The van der Waals surface area contributed by atoms with Gasteiger partial charge in [0, 0.05) is 25.2 Å². The molecule has 4 atom stereocenters. The van der Waals surface area contributed by atoms with Crippen LogP contribution in [0.2, 0.25) is 0 Å². The van der Waals surface area contributed by atoms with Crippen molar-refractivity contribution in [2.75, 3.05) is 47.4 Å². The van der Waals surface area contributed by atoms with Gasteiger partial charge < -0.3 is 25.2 Å². The second-order valence-corrected chi connectivity index (χ2v) is 6.88. The van der Waals surface area contributed by atoms with E-state index in [2.05, 4.69) is 5.32 Å². The average Bonchev–Trinajstić information content (AvgIpc) is 2.93. The molecule has 3 N–H and O–H groups in total. The lowest BCUT2D eigenvalue weighted by atomic mass is 10.0. The molecular weight excluding hydrogens is 341 g/mol. The smallest absolute Gasteiger partial charge is 0.251 e. The number of nitrogens with one attached hydrogen (secondary N) is 1. The predicted molar refractivity (Wildman–Crippen MR) is 95.5 cm³/mol. The normalized spacial score (nSPS) is 25.8. The number of likely N-dealkylation sites (N-methyl/N-ethyl adjacent to an activating group) is 2. The SMILES string of the molecule is CN(C)CCN(C)[C@H]1[C@H](O)[C@H](CO)O[C@@H]1CNC(=O)c1cccc(F)c1. The van der Waals surface area contributed by atoms with Crippen molar-refractivity contribution in [3.8, 4) is 0 Å². The van der Waals surface area contributed by atoms with Crippen LogP contribution in [0, 0.1) is 5.82 Å². The number of ether oxygens (including phenoxy) is 1. The maximum Gasteiger partial charge on any atom is 0.251 e. The van der Waals surface area contributed by atoms with Crippen LogP contribution in [0.25, 0.3) is 0 Å². The number of halogens is 1. The molecule has 0 radical (unpaired) electrons. The van der Waals surface area contributed by atoms with Gasteiger partial charge in [-0.2, -0.15) is 0 Å². The van der Waals surface area contributed by atoms with Crippen molar-refractivity contribution in [1.29, 1.82) is 0 Å². The fraction of sp³-hybridized carbons (Fsp3) is 0.611. The highest BCUT2D eigenvalue weighted by Gasteiger charge is 2.45. The van der Waals surface area contributed by atoms with Crippen LogP contribution < -0.4 is 5.32 Å². The molecular formula is C18H28FN3O4. The first-order valence-electron chi connectivity index (χ1n) is 8.66. The Hall–Kier alpha value is -1.58. The summed E-state index contributed by atoms with van der Waals surface area (Å²) in [5, 5.41) is 22.6.